The average molecular weight is 866 g/mol. The summed E-state index contributed by atoms with van der Waals surface area (Å²) in [5, 5.41) is 10.0. The molecule has 1 aliphatic rings. The van der Waals surface area contributed by atoms with Gasteiger partial charge in [0.2, 0.25) is 0 Å². The van der Waals surface area contributed by atoms with E-state index in [9.17, 15) is 0 Å². The third kappa shape index (κ3) is 6.24. The molecule has 0 unspecified atom stereocenters. The summed E-state index contributed by atoms with van der Waals surface area (Å²) in [5.41, 5.74) is 18.4. The molecule has 0 bridgehead atoms. The van der Waals surface area contributed by atoms with Gasteiger partial charge in [0.15, 0.2) is 0 Å². The van der Waals surface area contributed by atoms with Gasteiger partial charge in [0.05, 0.1) is 11.4 Å². The number of anilines is 3. The van der Waals surface area contributed by atoms with Crippen molar-refractivity contribution in [2.45, 2.75) is 19.3 Å². The van der Waals surface area contributed by atoms with Crippen LogP contribution in [-0.4, -0.2) is 0 Å². The van der Waals surface area contributed by atoms with E-state index >= 15 is 0 Å². The van der Waals surface area contributed by atoms with Crippen molar-refractivity contribution in [3.63, 3.8) is 0 Å². The minimum absolute atomic E-state index is 0.219. The minimum Gasteiger partial charge on any atom is -0.310 e. The van der Waals surface area contributed by atoms with Gasteiger partial charge in [-0.25, -0.2) is 0 Å². The highest BCUT2D eigenvalue weighted by molar-refractivity contribution is 6.23. The van der Waals surface area contributed by atoms with Crippen LogP contribution < -0.4 is 4.90 Å². The van der Waals surface area contributed by atoms with Gasteiger partial charge in [0.1, 0.15) is 0 Å². The lowest BCUT2D eigenvalue weighted by Crippen LogP contribution is -2.30. The lowest BCUT2D eigenvalue weighted by Gasteiger charge is -2.42. The van der Waals surface area contributed by atoms with Crippen LogP contribution in [0.2, 0.25) is 0 Å². The second-order valence-electron chi connectivity index (χ2n) is 18.8. The van der Waals surface area contributed by atoms with Crippen LogP contribution in [0.15, 0.2) is 249 Å². The molecule has 13 rings (SSSR count). The zero-order valence-electron chi connectivity index (χ0n) is 38.1. The van der Waals surface area contributed by atoms with Crippen LogP contribution in [0.5, 0.6) is 0 Å². The first-order valence-electron chi connectivity index (χ1n) is 23.8. The number of hydrogen-bond acceptors (Lipinski definition) is 1. The molecule has 0 aromatic heterocycles. The van der Waals surface area contributed by atoms with E-state index in [0.717, 1.165) is 0 Å². The molecule has 320 valence electrons. The Balaban J connectivity index is 0.987. The predicted octanol–water partition coefficient (Wildman–Crippen LogP) is 18.7. The zero-order valence-corrected chi connectivity index (χ0v) is 38.1. The first-order chi connectivity index (χ1) is 33.5. The molecular formula is C67H47N. The number of benzene rings is 12. The molecule has 0 radical (unpaired) electrons. The largest absolute Gasteiger partial charge is 0.310 e. The maximum atomic E-state index is 2.48. The molecule has 0 aliphatic carbocycles. The molecule has 1 heterocycles. The maximum Gasteiger partial charge on any atom is 0.0503 e. The molecular weight excluding hydrogens is 819 g/mol. The summed E-state index contributed by atoms with van der Waals surface area (Å²) in [6, 6.07) is 92.0. The van der Waals surface area contributed by atoms with E-state index in [1.165, 1.54) is 127 Å². The van der Waals surface area contributed by atoms with Crippen molar-refractivity contribution in [2.24, 2.45) is 0 Å². The maximum absolute atomic E-state index is 2.48. The van der Waals surface area contributed by atoms with Crippen molar-refractivity contribution in [2.75, 3.05) is 4.90 Å². The predicted molar refractivity (Wildman–Crippen MR) is 290 cm³/mol. The highest BCUT2D eigenvalue weighted by Gasteiger charge is 2.37. The summed E-state index contributed by atoms with van der Waals surface area (Å²) in [4.78, 5) is 2.44. The number of fused-ring (bicyclic) bond motifs is 6. The van der Waals surface area contributed by atoms with Gasteiger partial charge >= 0.3 is 0 Å². The van der Waals surface area contributed by atoms with Gasteiger partial charge in [-0.15, -0.1) is 0 Å². The van der Waals surface area contributed by atoms with Crippen LogP contribution in [-0.2, 0) is 5.41 Å². The van der Waals surface area contributed by atoms with E-state index in [1.807, 2.05) is 0 Å². The standard InChI is InChI=1S/C67H47N/c1-67(2)59-32-18-19-33-61(59)68(50-24-10-5-11-25-50)62-41-39-49(43-60(62)67)66-55-30-16-13-27-52(55)63(53-28-14-17-31-56(53)66)46-34-36-47(37-35-46)64-51-26-12-15-29-54(51)65(45-22-8-4-9-23-45)58-42-48(38-40-57(58)64)44-20-6-3-7-21-44/h3-43H,1-2H3. The third-order valence-corrected chi connectivity index (χ3v) is 14.6. The fourth-order valence-corrected chi connectivity index (χ4v) is 11.5. The van der Waals surface area contributed by atoms with Crippen molar-refractivity contribution in [1.29, 1.82) is 0 Å². The third-order valence-electron chi connectivity index (χ3n) is 14.6. The normalized spacial score (nSPS) is 12.9. The molecule has 12 aromatic carbocycles. The Kier molecular flexibility index (Phi) is 9.27. The van der Waals surface area contributed by atoms with Gasteiger partial charge < -0.3 is 4.90 Å². The summed E-state index contributed by atoms with van der Waals surface area (Å²) in [5.74, 6) is 0. The lowest BCUT2D eigenvalue weighted by atomic mass is 9.72. The Bertz CT molecular complexity index is 3850. The summed E-state index contributed by atoms with van der Waals surface area (Å²) in [6.45, 7) is 4.76. The molecule has 0 spiro atoms. The van der Waals surface area contributed by atoms with Crippen LogP contribution in [0.25, 0.3) is 98.7 Å². The molecule has 0 saturated heterocycles. The highest BCUT2D eigenvalue weighted by atomic mass is 15.2. The average Bonchev–Trinajstić information content (AvgIpc) is 3.40. The number of para-hydroxylation sites is 2. The number of rotatable bonds is 6. The van der Waals surface area contributed by atoms with Crippen molar-refractivity contribution in [1.82, 2.24) is 0 Å². The van der Waals surface area contributed by atoms with Crippen LogP contribution in [0, 0.1) is 0 Å². The van der Waals surface area contributed by atoms with Crippen LogP contribution in [0.4, 0.5) is 17.1 Å². The summed E-state index contributed by atoms with van der Waals surface area (Å²) in [6.07, 6.45) is 0. The summed E-state index contributed by atoms with van der Waals surface area (Å²) in [7, 11) is 0. The second kappa shape index (κ2) is 15.8. The molecule has 0 saturated carbocycles. The van der Waals surface area contributed by atoms with Gasteiger partial charge in [-0.05, 0) is 146 Å². The SMILES string of the molecule is CC1(C)c2ccccc2N(c2ccccc2)c2ccc(-c3c4ccccc4c(-c4ccc(-c5c6ccccc6c(-c6ccccc6)c6cc(-c7ccccc7)ccc56)cc4)c4ccccc34)cc21. The van der Waals surface area contributed by atoms with Crippen LogP contribution in [0.3, 0.4) is 0 Å². The Labute approximate surface area is 397 Å². The fourth-order valence-electron chi connectivity index (χ4n) is 11.5. The smallest absolute Gasteiger partial charge is 0.0503 e. The van der Waals surface area contributed by atoms with Gasteiger partial charge in [-0.1, -0.05) is 226 Å². The molecule has 68 heavy (non-hydrogen) atoms. The minimum atomic E-state index is -0.219. The molecule has 12 aromatic rings. The van der Waals surface area contributed by atoms with E-state index in [1.54, 1.807) is 0 Å². The monoisotopic (exact) mass is 865 g/mol. The van der Waals surface area contributed by atoms with E-state index in [2.05, 4.69) is 267 Å². The molecule has 0 atom stereocenters. The van der Waals surface area contributed by atoms with Crippen LogP contribution >= 0.6 is 0 Å². The molecule has 0 fully saturated rings. The Hall–Kier alpha value is -8.52. The van der Waals surface area contributed by atoms with Crippen LogP contribution in [0.1, 0.15) is 25.0 Å². The van der Waals surface area contributed by atoms with Gasteiger partial charge in [-0.3, -0.25) is 0 Å². The summed E-state index contributed by atoms with van der Waals surface area (Å²) >= 11 is 0. The van der Waals surface area contributed by atoms with Gasteiger partial charge in [0.25, 0.3) is 0 Å². The van der Waals surface area contributed by atoms with E-state index < -0.39 is 0 Å². The lowest BCUT2D eigenvalue weighted by molar-refractivity contribution is 0.632. The summed E-state index contributed by atoms with van der Waals surface area (Å²) < 4.78 is 0. The topological polar surface area (TPSA) is 3.24 Å². The van der Waals surface area contributed by atoms with Crippen molar-refractivity contribution >= 4 is 60.2 Å². The van der Waals surface area contributed by atoms with E-state index in [0.29, 0.717) is 0 Å². The van der Waals surface area contributed by atoms with Gasteiger partial charge in [0, 0.05) is 11.1 Å². The van der Waals surface area contributed by atoms with E-state index in [4.69, 9.17) is 0 Å². The number of nitrogens with zero attached hydrogens (tertiary/aromatic N) is 1. The first kappa shape index (κ1) is 39.8. The van der Waals surface area contributed by atoms with Crippen molar-refractivity contribution < 1.29 is 0 Å². The van der Waals surface area contributed by atoms with Crippen molar-refractivity contribution in [3.8, 4) is 55.6 Å². The first-order valence-corrected chi connectivity index (χ1v) is 23.8. The molecule has 0 amide bonds. The fraction of sp³-hybridized carbons (Fsp3) is 0.0448. The molecule has 0 N–H and O–H groups in total. The zero-order chi connectivity index (χ0) is 45.3. The highest BCUT2D eigenvalue weighted by Crippen LogP contribution is 2.54. The van der Waals surface area contributed by atoms with Crippen molar-refractivity contribution in [3.05, 3.63) is 260 Å². The second-order valence-corrected chi connectivity index (χ2v) is 18.8. The molecule has 1 aliphatic heterocycles. The van der Waals surface area contributed by atoms with Gasteiger partial charge in [-0.2, -0.15) is 0 Å². The Morgan fingerprint density at radius 3 is 1.16 bits per heavy atom. The Morgan fingerprint density at radius 1 is 0.250 bits per heavy atom. The quantitative estimate of drug-likeness (QED) is 0.151. The Morgan fingerprint density at radius 2 is 0.618 bits per heavy atom. The number of hydrogen-bond donors (Lipinski definition) is 0. The van der Waals surface area contributed by atoms with E-state index in [-0.39, 0.29) is 5.41 Å². The molecule has 1 nitrogen and oxygen atoms in total. The molecule has 1 heteroatoms.